The SMILES string of the molecule is COC(=O)CCc1c(-c2cccc(F)c2)c(C(N)=O)c(C)n1CCc1cccs1. The Bertz CT molecular complexity index is 1030. The van der Waals surface area contributed by atoms with E-state index in [-0.39, 0.29) is 12.4 Å². The number of halogens is 1. The maximum atomic E-state index is 13.9. The zero-order valence-corrected chi connectivity index (χ0v) is 17.2. The van der Waals surface area contributed by atoms with Gasteiger partial charge >= 0.3 is 5.97 Å². The fourth-order valence-corrected chi connectivity index (χ4v) is 4.31. The van der Waals surface area contributed by atoms with Crippen LogP contribution in [0.25, 0.3) is 11.1 Å². The Labute approximate surface area is 172 Å². The summed E-state index contributed by atoms with van der Waals surface area (Å²) < 4.78 is 20.7. The van der Waals surface area contributed by atoms with Gasteiger partial charge in [-0.3, -0.25) is 9.59 Å². The summed E-state index contributed by atoms with van der Waals surface area (Å²) in [4.78, 5) is 25.3. The van der Waals surface area contributed by atoms with Gasteiger partial charge in [0.25, 0.3) is 5.91 Å². The molecule has 0 fully saturated rings. The van der Waals surface area contributed by atoms with E-state index in [1.54, 1.807) is 23.5 Å². The van der Waals surface area contributed by atoms with Crippen molar-refractivity contribution in [2.45, 2.75) is 32.7 Å². The van der Waals surface area contributed by atoms with Crippen LogP contribution in [0.1, 0.15) is 33.0 Å². The Morgan fingerprint density at radius 1 is 1.21 bits per heavy atom. The van der Waals surface area contributed by atoms with E-state index in [1.165, 1.54) is 24.1 Å². The lowest BCUT2D eigenvalue weighted by Gasteiger charge is -2.13. The largest absolute Gasteiger partial charge is 0.469 e. The maximum Gasteiger partial charge on any atom is 0.305 e. The first kappa shape index (κ1) is 20.8. The molecular formula is C22H23FN2O3S. The molecular weight excluding hydrogens is 391 g/mol. The van der Waals surface area contributed by atoms with Crippen molar-refractivity contribution in [1.82, 2.24) is 4.57 Å². The van der Waals surface area contributed by atoms with Crippen molar-refractivity contribution in [1.29, 1.82) is 0 Å². The second-order valence-electron chi connectivity index (χ2n) is 6.71. The predicted octanol–water partition coefficient (Wildman–Crippen LogP) is 4.11. The number of aromatic nitrogens is 1. The van der Waals surface area contributed by atoms with E-state index in [2.05, 4.69) is 6.07 Å². The summed E-state index contributed by atoms with van der Waals surface area (Å²) in [6.07, 6.45) is 1.29. The van der Waals surface area contributed by atoms with Crippen LogP contribution in [0.2, 0.25) is 0 Å². The fourth-order valence-electron chi connectivity index (χ4n) is 3.62. The van der Waals surface area contributed by atoms with Gasteiger partial charge in [-0.2, -0.15) is 0 Å². The summed E-state index contributed by atoms with van der Waals surface area (Å²) in [6, 6.07) is 10.1. The number of rotatable bonds is 8. The molecule has 0 spiro atoms. The lowest BCUT2D eigenvalue weighted by atomic mass is 9.98. The molecule has 2 aromatic heterocycles. The van der Waals surface area contributed by atoms with Gasteiger partial charge < -0.3 is 15.0 Å². The maximum absolute atomic E-state index is 13.9. The molecule has 0 unspecified atom stereocenters. The summed E-state index contributed by atoms with van der Waals surface area (Å²) >= 11 is 1.66. The van der Waals surface area contributed by atoms with Crippen molar-refractivity contribution in [3.8, 4) is 11.1 Å². The van der Waals surface area contributed by atoms with Crippen LogP contribution in [0.3, 0.4) is 0 Å². The van der Waals surface area contributed by atoms with Gasteiger partial charge in [-0.1, -0.05) is 18.2 Å². The molecule has 0 atom stereocenters. The molecule has 0 radical (unpaired) electrons. The quantitative estimate of drug-likeness (QED) is 0.564. The average molecular weight is 415 g/mol. The summed E-state index contributed by atoms with van der Waals surface area (Å²) in [6.45, 7) is 2.46. The number of ether oxygens (including phenoxy) is 1. The number of carbonyl (C=O) groups excluding carboxylic acids is 2. The van der Waals surface area contributed by atoms with E-state index in [0.717, 1.165) is 12.1 Å². The molecule has 1 amide bonds. The van der Waals surface area contributed by atoms with Crippen molar-refractivity contribution in [2.75, 3.05) is 7.11 Å². The Morgan fingerprint density at radius 3 is 2.62 bits per heavy atom. The highest BCUT2D eigenvalue weighted by molar-refractivity contribution is 7.09. The zero-order valence-electron chi connectivity index (χ0n) is 16.4. The highest BCUT2D eigenvalue weighted by atomic mass is 32.1. The molecule has 5 nitrogen and oxygen atoms in total. The van der Waals surface area contributed by atoms with Crippen molar-refractivity contribution < 1.29 is 18.7 Å². The molecule has 3 aromatic rings. The number of primary amides is 1. The van der Waals surface area contributed by atoms with E-state index in [4.69, 9.17) is 10.5 Å². The second kappa shape index (κ2) is 9.05. The van der Waals surface area contributed by atoms with Crippen LogP contribution in [0.4, 0.5) is 4.39 Å². The van der Waals surface area contributed by atoms with E-state index >= 15 is 0 Å². The number of benzene rings is 1. The minimum atomic E-state index is -0.573. The molecule has 7 heteroatoms. The van der Waals surface area contributed by atoms with Gasteiger partial charge in [0.15, 0.2) is 0 Å². The first-order valence-corrected chi connectivity index (χ1v) is 10.2. The standard InChI is InChI=1S/C22H23FN2O3S/c1-14-20(22(24)27)21(15-5-3-6-16(23)13-15)18(8-9-19(26)28-2)25(14)11-10-17-7-4-12-29-17/h3-7,12-13H,8-11H2,1-2H3,(H2,24,27). The van der Waals surface area contributed by atoms with E-state index < -0.39 is 11.7 Å². The summed E-state index contributed by atoms with van der Waals surface area (Å²) in [7, 11) is 1.34. The van der Waals surface area contributed by atoms with Gasteiger partial charge in [0.1, 0.15) is 5.82 Å². The molecule has 1 aromatic carbocycles. The average Bonchev–Trinajstić information content (AvgIpc) is 3.30. The van der Waals surface area contributed by atoms with Crippen LogP contribution in [0.5, 0.6) is 0 Å². The molecule has 2 N–H and O–H groups in total. The smallest absolute Gasteiger partial charge is 0.305 e. The molecule has 0 aliphatic rings. The molecule has 0 bridgehead atoms. The van der Waals surface area contributed by atoms with Crippen LogP contribution < -0.4 is 5.73 Å². The third-order valence-electron chi connectivity index (χ3n) is 4.95. The number of esters is 1. The van der Waals surface area contributed by atoms with Gasteiger partial charge in [0, 0.05) is 28.4 Å². The lowest BCUT2D eigenvalue weighted by Crippen LogP contribution is -2.13. The Morgan fingerprint density at radius 2 is 2.00 bits per heavy atom. The van der Waals surface area contributed by atoms with Crippen LogP contribution >= 0.6 is 11.3 Å². The summed E-state index contributed by atoms with van der Waals surface area (Å²) in [5, 5.41) is 2.02. The summed E-state index contributed by atoms with van der Waals surface area (Å²) in [5.41, 5.74) is 8.72. The Hall–Kier alpha value is -2.93. The van der Waals surface area contributed by atoms with Crippen molar-refractivity contribution in [3.05, 3.63) is 69.4 Å². The van der Waals surface area contributed by atoms with E-state index in [0.29, 0.717) is 35.3 Å². The lowest BCUT2D eigenvalue weighted by molar-refractivity contribution is -0.140. The molecule has 0 aliphatic carbocycles. The number of methoxy groups -OCH3 is 1. The van der Waals surface area contributed by atoms with Crippen molar-refractivity contribution >= 4 is 23.2 Å². The van der Waals surface area contributed by atoms with Crippen molar-refractivity contribution in [2.24, 2.45) is 5.73 Å². The number of hydrogen-bond donors (Lipinski definition) is 1. The normalized spacial score (nSPS) is 10.9. The van der Waals surface area contributed by atoms with Crippen molar-refractivity contribution in [3.63, 3.8) is 0 Å². The molecule has 2 heterocycles. The van der Waals surface area contributed by atoms with Gasteiger partial charge in [-0.25, -0.2) is 4.39 Å². The van der Waals surface area contributed by atoms with E-state index in [9.17, 15) is 14.0 Å². The first-order chi connectivity index (χ1) is 13.9. The minimum Gasteiger partial charge on any atom is -0.469 e. The van der Waals surface area contributed by atoms with E-state index in [1.807, 2.05) is 22.9 Å². The second-order valence-corrected chi connectivity index (χ2v) is 7.75. The summed E-state index contributed by atoms with van der Waals surface area (Å²) in [5.74, 6) is -1.32. The molecule has 0 aliphatic heterocycles. The minimum absolute atomic E-state index is 0.152. The number of thiophene rings is 1. The first-order valence-electron chi connectivity index (χ1n) is 9.29. The molecule has 152 valence electrons. The fraction of sp³-hybridized carbons (Fsp3) is 0.273. The van der Waals surface area contributed by atoms with Crippen LogP contribution in [-0.2, 0) is 28.9 Å². The Kier molecular flexibility index (Phi) is 6.49. The van der Waals surface area contributed by atoms with Crippen LogP contribution in [-0.4, -0.2) is 23.6 Å². The third-order valence-corrected chi connectivity index (χ3v) is 5.88. The number of nitrogens with two attached hydrogens (primary N) is 1. The monoisotopic (exact) mass is 414 g/mol. The highest BCUT2D eigenvalue weighted by Gasteiger charge is 2.25. The molecule has 29 heavy (non-hydrogen) atoms. The number of hydrogen-bond acceptors (Lipinski definition) is 4. The Balaban J connectivity index is 2.13. The molecule has 3 rings (SSSR count). The topological polar surface area (TPSA) is 74.3 Å². The van der Waals surface area contributed by atoms with Crippen LogP contribution in [0, 0.1) is 12.7 Å². The van der Waals surface area contributed by atoms with Gasteiger partial charge in [0.05, 0.1) is 19.1 Å². The van der Waals surface area contributed by atoms with Gasteiger partial charge in [0.2, 0.25) is 0 Å². The third kappa shape index (κ3) is 4.56. The number of nitrogens with zero attached hydrogens (tertiary/aromatic N) is 1. The predicted molar refractivity (Wildman–Crippen MR) is 111 cm³/mol. The number of carbonyl (C=O) groups is 2. The molecule has 0 saturated heterocycles. The van der Waals surface area contributed by atoms with Gasteiger partial charge in [-0.15, -0.1) is 11.3 Å². The van der Waals surface area contributed by atoms with Gasteiger partial charge in [-0.05, 0) is 48.9 Å². The zero-order chi connectivity index (χ0) is 21.0. The number of aryl methyl sites for hydroxylation is 1. The highest BCUT2D eigenvalue weighted by Crippen LogP contribution is 2.34. The number of amides is 1. The molecule has 0 saturated carbocycles. The van der Waals surface area contributed by atoms with Crippen LogP contribution in [0.15, 0.2) is 41.8 Å².